The van der Waals surface area contributed by atoms with E-state index in [9.17, 15) is 22.0 Å². The maximum absolute atomic E-state index is 13.8. The van der Waals surface area contributed by atoms with Crippen molar-refractivity contribution in [1.82, 2.24) is 4.48 Å². The van der Waals surface area contributed by atoms with Crippen molar-refractivity contribution in [2.45, 2.75) is 0 Å². The zero-order chi connectivity index (χ0) is 17.1. The van der Waals surface area contributed by atoms with Crippen LogP contribution in [0, 0.1) is 29.1 Å². The summed E-state index contributed by atoms with van der Waals surface area (Å²) in [5.41, 5.74) is -0.511. The molecule has 22 heavy (non-hydrogen) atoms. The van der Waals surface area contributed by atoms with Crippen molar-refractivity contribution in [2.75, 3.05) is 14.1 Å². The first-order valence-electron chi connectivity index (χ1n) is 6.03. The highest BCUT2D eigenvalue weighted by atomic mass is 19.2. The van der Waals surface area contributed by atoms with Crippen molar-refractivity contribution in [3.8, 4) is 0 Å². The third-order valence-electron chi connectivity index (χ3n) is 3.15. The Morgan fingerprint density at radius 3 is 1.45 bits per heavy atom. The van der Waals surface area contributed by atoms with E-state index in [1.54, 1.807) is 18.2 Å². The number of hydrogen-bond acceptors (Lipinski definition) is 2. The van der Waals surface area contributed by atoms with Crippen molar-refractivity contribution in [1.29, 1.82) is 0 Å². The van der Waals surface area contributed by atoms with E-state index in [2.05, 4.69) is 11.7 Å². The topological polar surface area (TPSA) is 52.0 Å². The fraction of sp³-hybridized carbons (Fsp3) is 0.143. The molecule has 120 valence electrons. The zero-order valence-electron chi connectivity index (χ0n) is 11.9. The molecule has 3 nitrogen and oxygen atoms in total. The highest BCUT2D eigenvalue weighted by molar-refractivity contribution is 5.58. The minimum absolute atomic E-state index is 0.385. The third kappa shape index (κ3) is 2.94. The van der Waals surface area contributed by atoms with Crippen LogP contribution in [-0.4, -0.2) is 14.1 Å². The first-order chi connectivity index (χ1) is 10.3. The van der Waals surface area contributed by atoms with Crippen LogP contribution in [0.5, 0.6) is 0 Å². The van der Waals surface area contributed by atoms with Gasteiger partial charge in [-0.1, -0.05) is 18.2 Å². The average Bonchev–Trinajstić information content (AvgIpc) is 2.54. The van der Waals surface area contributed by atoms with Crippen molar-refractivity contribution in [3.63, 3.8) is 0 Å². The van der Waals surface area contributed by atoms with Gasteiger partial charge >= 0.3 is 0 Å². The Bertz CT molecular complexity index is 630. The Hall–Kier alpha value is -2.03. The van der Waals surface area contributed by atoms with Gasteiger partial charge in [-0.25, -0.2) is 13.2 Å². The summed E-state index contributed by atoms with van der Waals surface area (Å²) in [6.45, 7) is 0. The number of halogens is 5. The largest absolute Gasteiger partial charge is 0.274 e. The van der Waals surface area contributed by atoms with E-state index in [0.717, 1.165) is 0 Å². The molecule has 0 radical (unpaired) electrons. The Morgan fingerprint density at radius 2 is 1.05 bits per heavy atom. The molecular weight excluding hydrogens is 305 g/mol. The van der Waals surface area contributed by atoms with E-state index in [0.29, 0.717) is 5.69 Å². The Kier molecular flexibility index (Phi) is 5.59. The van der Waals surface area contributed by atoms with Crippen LogP contribution in [0.2, 0.25) is 0 Å². The maximum atomic E-state index is 13.8. The molecular formula is C14H15F5N3+. The standard InChI is InChI=1S/C14H11F5N.H4N2/c1-20(2,8-6-4-3-5-7-8)14-12(18)10(16)9(15)11(17)13(14)19;1-2/h3-7H,1-2H3;1-2H2/q+1;. The lowest BCUT2D eigenvalue weighted by Gasteiger charge is -2.29. The highest BCUT2D eigenvalue weighted by Crippen LogP contribution is 2.37. The molecule has 4 N–H and O–H groups in total. The molecule has 0 aliphatic carbocycles. The fourth-order valence-corrected chi connectivity index (χ4v) is 2.01. The summed E-state index contributed by atoms with van der Waals surface area (Å²) in [7, 11) is 2.68. The second kappa shape index (κ2) is 6.82. The molecule has 0 aromatic heterocycles. The quantitative estimate of drug-likeness (QED) is 0.223. The van der Waals surface area contributed by atoms with Crippen molar-refractivity contribution >= 4 is 11.4 Å². The molecule has 0 atom stereocenters. The summed E-state index contributed by atoms with van der Waals surface area (Å²) in [6, 6.07) is 7.99. The number of nitrogens with zero attached hydrogens (tertiary/aromatic N) is 1. The van der Waals surface area contributed by atoms with Gasteiger partial charge in [-0.15, -0.1) is 0 Å². The molecule has 2 aromatic rings. The summed E-state index contributed by atoms with van der Waals surface area (Å²) < 4.78 is 66.7. The molecule has 0 saturated heterocycles. The molecule has 0 saturated carbocycles. The molecule has 0 unspecified atom stereocenters. The van der Waals surface area contributed by atoms with Crippen LogP contribution in [-0.2, 0) is 0 Å². The van der Waals surface area contributed by atoms with Crippen LogP contribution >= 0.6 is 0 Å². The summed E-state index contributed by atoms with van der Waals surface area (Å²) in [6.07, 6.45) is 0. The molecule has 8 heteroatoms. The van der Waals surface area contributed by atoms with E-state index >= 15 is 0 Å². The number of quaternary nitrogens is 1. The van der Waals surface area contributed by atoms with Gasteiger partial charge in [0.15, 0.2) is 0 Å². The minimum atomic E-state index is -2.16. The summed E-state index contributed by atoms with van der Waals surface area (Å²) in [5.74, 6) is -1.69. The first kappa shape index (κ1) is 18.0. The van der Waals surface area contributed by atoms with Gasteiger partial charge in [0.2, 0.25) is 34.8 Å². The van der Waals surface area contributed by atoms with Crippen LogP contribution < -0.4 is 16.2 Å². The molecule has 0 bridgehead atoms. The van der Waals surface area contributed by atoms with Crippen molar-refractivity contribution < 1.29 is 22.0 Å². The van der Waals surface area contributed by atoms with Gasteiger partial charge in [-0.05, 0) is 12.1 Å². The summed E-state index contributed by atoms with van der Waals surface area (Å²) >= 11 is 0. The number of para-hydroxylation sites is 1. The van der Waals surface area contributed by atoms with E-state index < -0.39 is 39.3 Å². The maximum Gasteiger partial charge on any atom is 0.226 e. The van der Waals surface area contributed by atoms with E-state index in [1.165, 1.54) is 26.2 Å². The normalized spacial score (nSPS) is 11.0. The van der Waals surface area contributed by atoms with Crippen LogP contribution in [0.15, 0.2) is 30.3 Å². The number of benzene rings is 2. The lowest BCUT2D eigenvalue weighted by Crippen LogP contribution is -2.37. The second-order valence-corrected chi connectivity index (χ2v) is 4.71. The lowest BCUT2D eigenvalue weighted by atomic mass is 10.1. The molecule has 0 aliphatic rings. The first-order valence-corrected chi connectivity index (χ1v) is 6.03. The molecule has 2 rings (SSSR count). The molecule has 0 amide bonds. The summed E-state index contributed by atoms with van der Waals surface area (Å²) in [5, 5.41) is 0. The van der Waals surface area contributed by atoms with Gasteiger partial charge in [0.05, 0.1) is 14.1 Å². The number of nitrogens with two attached hydrogens (primary N) is 2. The molecule has 0 fully saturated rings. The van der Waals surface area contributed by atoms with Gasteiger partial charge in [0.25, 0.3) is 0 Å². The SMILES string of the molecule is C[N+](C)(c1ccccc1)c1c(F)c(F)c(F)c(F)c1F.NN. The van der Waals surface area contributed by atoms with Crippen LogP contribution in [0.3, 0.4) is 0 Å². The Labute approximate surface area is 124 Å². The van der Waals surface area contributed by atoms with Gasteiger partial charge in [0, 0.05) is 0 Å². The van der Waals surface area contributed by atoms with Crippen molar-refractivity contribution in [3.05, 3.63) is 59.4 Å². The minimum Gasteiger partial charge on any atom is -0.274 e. The Balaban J connectivity index is 0.00000116. The van der Waals surface area contributed by atoms with Crippen LogP contribution in [0.1, 0.15) is 0 Å². The fourth-order valence-electron chi connectivity index (χ4n) is 2.01. The predicted molar refractivity (Wildman–Crippen MR) is 74.4 cm³/mol. The molecule has 0 aliphatic heterocycles. The lowest BCUT2D eigenvalue weighted by molar-refractivity contribution is 0.359. The number of hydrazine groups is 1. The second-order valence-electron chi connectivity index (χ2n) is 4.71. The van der Waals surface area contributed by atoms with Gasteiger partial charge in [-0.2, -0.15) is 8.78 Å². The van der Waals surface area contributed by atoms with Crippen molar-refractivity contribution in [2.24, 2.45) is 11.7 Å². The van der Waals surface area contributed by atoms with Crippen LogP contribution in [0.4, 0.5) is 33.3 Å². The third-order valence-corrected chi connectivity index (χ3v) is 3.15. The average molecular weight is 320 g/mol. The van der Waals surface area contributed by atoms with E-state index in [4.69, 9.17) is 0 Å². The van der Waals surface area contributed by atoms with Gasteiger partial charge < -0.3 is 0 Å². The highest BCUT2D eigenvalue weighted by Gasteiger charge is 2.37. The van der Waals surface area contributed by atoms with Gasteiger partial charge in [0.1, 0.15) is 5.69 Å². The molecule has 2 aromatic carbocycles. The zero-order valence-corrected chi connectivity index (χ0v) is 11.9. The number of rotatable bonds is 2. The monoisotopic (exact) mass is 320 g/mol. The van der Waals surface area contributed by atoms with Gasteiger partial charge in [-0.3, -0.25) is 16.2 Å². The number of hydrogen-bond donors (Lipinski definition) is 2. The van der Waals surface area contributed by atoms with Crippen LogP contribution in [0.25, 0.3) is 0 Å². The Morgan fingerprint density at radius 1 is 0.682 bits per heavy atom. The molecule has 0 spiro atoms. The smallest absolute Gasteiger partial charge is 0.226 e. The predicted octanol–water partition coefficient (Wildman–Crippen LogP) is 3.10. The molecule has 0 heterocycles. The van der Waals surface area contributed by atoms with E-state index in [1.807, 2.05) is 0 Å². The van der Waals surface area contributed by atoms with E-state index in [-0.39, 0.29) is 0 Å². The summed E-state index contributed by atoms with van der Waals surface area (Å²) in [4.78, 5) is 0.